The zero-order valence-electron chi connectivity index (χ0n) is 10.7. The van der Waals surface area contributed by atoms with E-state index in [2.05, 4.69) is 0 Å². The van der Waals surface area contributed by atoms with E-state index in [1.165, 1.54) is 0 Å². The number of carbonyl (C=O) groups excluding carboxylic acids is 2. The van der Waals surface area contributed by atoms with Crippen LogP contribution in [-0.2, 0) is 9.53 Å². The van der Waals surface area contributed by atoms with Crippen LogP contribution in [0.25, 0.3) is 0 Å². The summed E-state index contributed by atoms with van der Waals surface area (Å²) in [5.41, 5.74) is 2.25. The normalized spacial score (nSPS) is 14.2. The number of hydrogen-bond donors (Lipinski definition) is 0. The Morgan fingerprint density at radius 2 is 2.06 bits per heavy atom. The summed E-state index contributed by atoms with van der Waals surface area (Å²) >= 11 is 0. The van der Waals surface area contributed by atoms with Crippen LogP contribution in [0.4, 0.5) is 5.69 Å². The quantitative estimate of drug-likeness (QED) is 0.590. The zero-order valence-corrected chi connectivity index (χ0v) is 10.7. The number of aryl methyl sites for hydroxylation is 1. The Morgan fingerprint density at radius 1 is 1.28 bits per heavy atom. The molecule has 4 heteroatoms. The van der Waals surface area contributed by atoms with Gasteiger partial charge in [-0.25, -0.2) is 0 Å². The van der Waals surface area contributed by atoms with Crippen molar-refractivity contribution in [2.75, 3.05) is 24.7 Å². The summed E-state index contributed by atoms with van der Waals surface area (Å²) in [7, 11) is 0. The molecule has 0 fully saturated rings. The summed E-state index contributed by atoms with van der Waals surface area (Å²) in [5.74, 6) is -0.819. The van der Waals surface area contributed by atoms with Crippen molar-refractivity contribution in [3.63, 3.8) is 0 Å². The van der Waals surface area contributed by atoms with Gasteiger partial charge in [-0.05, 0) is 31.9 Å². The SMILES string of the molecule is CCOCCCN1C(=O)C(=O)c2cccc(C)c21. The number of hydrogen-bond acceptors (Lipinski definition) is 3. The summed E-state index contributed by atoms with van der Waals surface area (Å²) < 4.78 is 5.25. The van der Waals surface area contributed by atoms with Crippen LogP contribution in [0.5, 0.6) is 0 Å². The molecular formula is C14H17NO3. The Hall–Kier alpha value is -1.68. The van der Waals surface area contributed by atoms with Crippen molar-refractivity contribution in [1.29, 1.82) is 0 Å². The second-order valence-electron chi connectivity index (χ2n) is 4.31. The molecule has 1 aromatic carbocycles. The maximum atomic E-state index is 11.9. The van der Waals surface area contributed by atoms with Crippen molar-refractivity contribution < 1.29 is 14.3 Å². The summed E-state index contributed by atoms with van der Waals surface area (Å²) in [6, 6.07) is 5.44. The van der Waals surface area contributed by atoms with Crippen LogP contribution in [0.3, 0.4) is 0 Å². The average Bonchev–Trinajstić information content (AvgIpc) is 2.61. The molecule has 1 amide bonds. The first kappa shape index (κ1) is 12.8. The highest BCUT2D eigenvalue weighted by atomic mass is 16.5. The Kier molecular flexibility index (Phi) is 3.77. The number of carbonyl (C=O) groups is 2. The van der Waals surface area contributed by atoms with Gasteiger partial charge in [0.25, 0.3) is 11.7 Å². The summed E-state index contributed by atoms with van der Waals surface area (Å²) in [4.78, 5) is 25.3. The highest BCUT2D eigenvalue weighted by molar-refractivity contribution is 6.52. The molecule has 4 nitrogen and oxygen atoms in total. The standard InChI is InChI=1S/C14H17NO3/c1-3-18-9-5-8-15-12-10(2)6-4-7-11(12)13(16)14(15)17/h4,6-7H,3,5,8-9H2,1-2H3. The number of rotatable bonds is 5. The van der Waals surface area contributed by atoms with E-state index in [4.69, 9.17) is 4.74 Å². The molecule has 0 atom stereocenters. The van der Waals surface area contributed by atoms with Crippen LogP contribution in [-0.4, -0.2) is 31.4 Å². The fraction of sp³-hybridized carbons (Fsp3) is 0.429. The number of benzene rings is 1. The van der Waals surface area contributed by atoms with Crippen LogP contribution < -0.4 is 4.90 Å². The predicted octanol–water partition coefficient (Wildman–Crippen LogP) is 1.95. The Labute approximate surface area is 107 Å². The smallest absolute Gasteiger partial charge is 0.299 e. The van der Waals surface area contributed by atoms with Crippen molar-refractivity contribution in [2.45, 2.75) is 20.3 Å². The van der Waals surface area contributed by atoms with E-state index < -0.39 is 11.7 Å². The van der Waals surface area contributed by atoms with E-state index in [1.807, 2.05) is 26.0 Å². The Morgan fingerprint density at radius 3 is 2.78 bits per heavy atom. The van der Waals surface area contributed by atoms with Crippen LogP contribution >= 0.6 is 0 Å². The van der Waals surface area contributed by atoms with E-state index >= 15 is 0 Å². The minimum absolute atomic E-state index is 0.398. The molecule has 18 heavy (non-hydrogen) atoms. The molecule has 1 heterocycles. The molecular weight excluding hydrogens is 230 g/mol. The number of nitrogens with zero attached hydrogens (tertiary/aromatic N) is 1. The lowest BCUT2D eigenvalue weighted by molar-refractivity contribution is -0.114. The summed E-state index contributed by atoms with van der Waals surface area (Å²) in [6.07, 6.45) is 0.737. The van der Waals surface area contributed by atoms with Crippen LogP contribution in [0.1, 0.15) is 29.3 Å². The van der Waals surface area contributed by atoms with E-state index in [0.717, 1.165) is 17.7 Å². The minimum atomic E-state index is -0.421. The van der Waals surface area contributed by atoms with Gasteiger partial charge >= 0.3 is 0 Å². The number of anilines is 1. The number of para-hydroxylation sites is 1. The van der Waals surface area contributed by atoms with E-state index in [1.54, 1.807) is 11.0 Å². The molecule has 96 valence electrons. The van der Waals surface area contributed by atoms with Crippen molar-refractivity contribution in [1.82, 2.24) is 0 Å². The topological polar surface area (TPSA) is 46.6 Å². The molecule has 0 aromatic heterocycles. The second-order valence-corrected chi connectivity index (χ2v) is 4.31. The van der Waals surface area contributed by atoms with Crippen LogP contribution in [0, 0.1) is 6.92 Å². The molecule has 0 aliphatic carbocycles. The van der Waals surface area contributed by atoms with Gasteiger partial charge in [-0.1, -0.05) is 12.1 Å². The summed E-state index contributed by atoms with van der Waals surface area (Å²) in [5, 5.41) is 0. The highest BCUT2D eigenvalue weighted by Gasteiger charge is 2.36. The third kappa shape index (κ3) is 2.16. The molecule has 1 aliphatic rings. The van der Waals surface area contributed by atoms with Gasteiger partial charge in [0.15, 0.2) is 0 Å². The van der Waals surface area contributed by atoms with Gasteiger partial charge in [-0.15, -0.1) is 0 Å². The number of Topliss-reactive ketones (excluding diaryl/α,β-unsaturated/α-hetero) is 1. The first-order valence-electron chi connectivity index (χ1n) is 6.20. The average molecular weight is 247 g/mol. The number of ketones is 1. The molecule has 0 radical (unpaired) electrons. The van der Waals surface area contributed by atoms with Crippen LogP contribution in [0.2, 0.25) is 0 Å². The molecule has 0 spiro atoms. The third-order valence-corrected chi connectivity index (χ3v) is 3.07. The Bertz CT molecular complexity index is 482. The van der Waals surface area contributed by atoms with Gasteiger partial charge in [-0.3, -0.25) is 9.59 Å². The van der Waals surface area contributed by atoms with E-state index in [0.29, 0.717) is 25.3 Å². The maximum Gasteiger partial charge on any atom is 0.299 e. The predicted molar refractivity (Wildman–Crippen MR) is 69.0 cm³/mol. The fourth-order valence-corrected chi connectivity index (χ4v) is 2.22. The summed E-state index contributed by atoms with van der Waals surface area (Å²) in [6.45, 7) is 5.66. The lowest BCUT2D eigenvalue weighted by Gasteiger charge is -2.18. The highest BCUT2D eigenvalue weighted by Crippen LogP contribution is 2.32. The Balaban J connectivity index is 2.17. The first-order chi connectivity index (χ1) is 8.66. The maximum absolute atomic E-state index is 11.9. The molecule has 0 saturated carbocycles. The zero-order chi connectivity index (χ0) is 13.1. The first-order valence-corrected chi connectivity index (χ1v) is 6.20. The fourth-order valence-electron chi connectivity index (χ4n) is 2.22. The van der Waals surface area contributed by atoms with Gasteiger partial charge in [-0.2, -0.15) is 0 Å². The van der Waals surface area contributed by atoms with Gasteiger partial charge in [0.05, 0.1) is 11.3 Å². The molecule has 0 saturated heterocycles. The number of ether oxygens (including phenoxy) is 1. The molecule has 0 unspecified atom stereocenters. The molecule has 0 bridgehead atoms. The van der Waals surface area contributed by atoms with Crippen molar-refractivity contribution in [3.8, 4) is 0 Å². The van der Waals surface area contributed by atoms with Crippen molar-refractivity contribution in [2.24, 2.45) is 0 Å². The molecule has 1 aromatic rings. The number of amides is 1. The largest absolute Gasteiger partial charge is 0.382 e. The lowest BCUT2D eigenvalue weighted by Crippen LogP contribution is -2.31. The number of fused-ring (bicyclic) bond motifs is 1. The second kappa shape index (κ2) is 5.31. The van der Waals surface area contributed by atoms with E-state index in [9.17, 15) is 9.59 Å². The van der Waals surface area contributed by atoms with Crippen molar-refractivity contribution >= 4 is 17.4 Å². The van der Waals surface area contributed by atoms with Crippen molar-refractivity contribution in [3.05, 3.63) is 29.3 Å². The lowest BCUT2D eigenvalue weighted by atomic mass is 10.1. The van der Waals surface area contributed by atoms with Gasteiger partial charge in [0.1, 0.15) is 0 Å². The van der Waals surface area contributed by atoms with Gasteiger partial charge < -0.3 is 9.64 Å². The van der Waals surface area contributed by atoms with Gasteiger partial charge in [0, 0.05) is 19.8 Å². The molecule has 1 aliphatic heterocycles. The van der Waals surface area contributed by atoms with Gasteiger partial charge in [0.2, 0.25) is 0 Å². The third-order valence-electron chi connectivity index (χ3n) is 3.07. The minimum Gasteiger partial charge on any atom is -0.382 e. The van der Waals surface area contributed by atoms with Crippen LogP contribution in [0.15, 0.2) is 18.2 Å². The molecule has 2 rings (SSSR count). The monoisotopic (exact) mass is 247 g/mol. The van der Waals surface area contributed by atoms with E-state index in [-0.39, 0.29) is 0 Å². The molecule has 0 N–H and O–H groups in total.